The zero-order valence-corrected chi connectivity index (χ0v) is 19.7. The maximum atomic E-state index is 12.4. The molecule has 4 nitrogen and oxygen atoms in total. The highest BCUT2D eigenvalue weighted by atomic mass is 127. The van der Waals surface area contributed by atoms with E-state index in [2.05, 4.69) is 57.3 Å². The normalized spacial score (nSPS) is 14.1. The highest BCUT2D eigenvalue weighted by Crippen LogP contribution is 2.33. The van der Waals surface area contributed by atoms with E-state index in [-0.39, 0.29) is 5.91 Å². The summed E-state index contributed by atoms with van der Waals surface area (Å²) in [6.45, 7) is 1.84. The van der Waals surface area contributed by atoms with Crippen molar-refractivity contribution >= 4 is 51.1 Å². The lowest BCUT2D eigenvalue weighted by molar-refractivity contribution is -0.132. The van der Waals surface area contributed by atoms with Gasteiger partial charge in [-0.25, -0.2) is 0 Å². The first-order chi connectivity index (χ1) is 13.1. The first kappa shape index (κ1) is 20.7. The molecule has 0 aliphatic carbocycles. The Morgan fingerprint density at radius 1 is 1.00 bits per heavy atom. The summed E-state index contributed by atoms with van der Waals surface area (Å²) in [5.74, 6) is 2.71. The summed E-state index contributed by atoms with van der Waals surface area (Å²) >= 11 is 4.61. The molecule has 1 fully saturated rings. The van der Waals surface area contributed by atoms with E-state index in [1.54, 1.807) is 7.11 Å². The molecular weight excluding hydrogens is 568 g/mol. The van der Waals surface area contributed by atoms with E-state index in [4.69, 9.17) is 9.47 Å². The molecule has 0 atom stereocenters. The van der Waals surface area contributed by atoms with Crippen LogP contribution in [0.5, 0.6) is 17.2 Å². The lowest BCUT2D eigenvalue weighted by atomic mass is 10.1. The van der Waals surface area contributed by atoms with Gasteiger partial charge < -0.3 is 14.4 Å². The Morgan fingerprint density at radius 2 is 1.59 bits per heavy atom. The molecule has 2 aromatic carbocycles. The molecule has 144 valence electrons. The lowest BCUT2D eigenvalue weighted by Crippen LogP contribution is -2.35. The monoisotopic (exact) mass is 591 g/mol. The van der Waals surface area contributed by atoms with Crippen molar-refractivity contribution in [1.82, 2.24) is 4.90 Å². The number of ether oxygens (including phenoxy) is 2. The van der Waals surface area contributed by atoms with Gasteiger partial charge in [-0.3, -0.25) is 4.79 Å². The van der Waals surface area contributed by atoms with Crippen LogP contribution in [0.1, 0.15) is 31.2 Å². The van der Waals surface area contributed by atoms with Gasteiger partial charge >= 0.3 is 0 Å². The number of benzene rings is 2. The Kier molecular flexibility index (Phi) is 7.63. The van der Waals surface area contributed by atoms with Crippen LogP contribution in [0, 0.1) is 7.14 Å². The number of hydrogen-bond donors (Lipinski definition) is 0. The first-order valence-electron chi connectivity index (χ1n) is 9.14. The second kappa shape index (κ2) is 9.95. The third kappa shape index (κ3) is 5.73. The molecule has 1 aliphatic rings. The summed E-state index contributed by atoms with van der Waals surface area (Å²) < 4.78 is 13.4. The Bertz CT molecular complexity index is 764. The quantitative estimate of drug-likeness (QED) is 0.409. The molecule has 1 heterocycles. The van der Waals surface area contributed by atoms with Crippen LogP contribution in [0.4, 0.5) is 0 Å². The van der Waals surface area contributed by atoms with E-state index in [1.165, 1.54) is 12.0 Å². The molecule has 0 aromatic heterocycles. The molecule has 3 rings (SSSR count). The van der Waals surface area contributed by atoms with E-state index in [0.29, 0.717) is 6.42 Å². The number of amides is 1. The third-order valence-electron chi connectivity index (χ3n) is 4.67. The maximum absolute atomic E-state index is 12.4. The van der Waals surface area contributed by atoms with E-state index in [1.807, 2.05) is 29.2 Å². The number of likely N-dealkylation sites (tertiary alicyclic amines) is 1. The minimum absolute atomic E-state index is 0.276. The summed E-state index contributed by atoms with van der Waals surface area (Å²) in [5, 5.41) is 0. The molecule has 0 N–H and O–H groups in total. The van der Waals surface area contributed by atoms with E-state index in [9.17, 15) is 4.79 Å². The molecule has 6 heteroatoms. The van der Waals surface area contributed by atoms with E-state index < -0.39 is 0 Å². The number of hydrogen-bond acceptors (Lipinski definition) is 3. The molecule has 2 aromatic rings. The van der Waals surface area contributed by atoms with Crippen molar-refractivity contribution in [3.05, 3.63) is 49.1 Å². The number of nitrogens with zero attached hydrogens (tertiary/aromatic N) is 1. The topological polar surface area (TPSA) is 38.8 Å². The van der Waals surface area contributed by atoms with Crippen LogP contribution in [0.25, 0.3) is 0 Å². The van der Waals surface area contributed by atoms with Crippen LogP contribution in [-0.2, 0) is 11.2 Å². The summed E-state index contributed by atoms with van der Waals surface area (Å²) in [6, 6.07) is 11.8. The number of carbonyl (C=O) groups excluding carboxylic acids is 1. The Hall–Kier alpha value is -1.03. The third-order valence-corrected chi connectivity index (χ3v) is 6.28. The van der Waals surface area contributed by atoms with Gasteiger partial charge in [-0.1, -0.05) is 0 Å². The molecule has 0 bridgehead atoms. The Morgan fingerprint density at radius 3 is 2.19 bits per heavy atom. The smallest absolute Gasteiger partial charge is 0.222 e. The fourth-order valence-corrected chi connectivity index (χ4v) is 5.29. The number of methoxy groups -OCH3 is 1. The fourth-order valence-electron chi connectivity index (χ4n) is 3.17. The van der Waals surface area contributed by atoms with Crippen molar-refractivity contribution in [3.63, 3.8) is 0 Å². The molecule has 1 aliphatic heterocycles. The Labute approximate surface area is 187 Å². The van der Waals surface area contributed by atoms with Gasteiger partial charge in [0.1, 0.15) is 11.5 Å². The minimum atomic E-state index is 0.276. The molecule has 1 saturated heterocycles. The summed E-state index contributed by atoms with van der Waals surface area (Å²) in [5.41, 5.74) is 1.18. The number of carbonyl (C=O) groups is 1. The van der Waals surface area contributed by atoms with Crippen LogP contribution in [0.2, 0.25) is 0 Å². The van der Waals surface area contributed by atoms with Crippen molar-refractivity contribution in [3.8, 4) is 17.2 Å². The summed E-state index contributed by atoms with van der Waals surface area (Å²) in [7, 11) is 1.65. The van der Waals surface area contributed by atoms with Crippen LogP contribution in [-0.4, -0.2) is 31.0 Å². The van der Waals surface area contributed by atoms with Gasteiger partial charge in [0, 0.05) is 19.5 Å². The SMILES string of the molecule is COc1ccc(Oc2c(I)cc(CCC(=O)N3CCCCC3)cc2I)cc1. The predicted octanol–water partition coefficient (Wildman–Crippen LogP) is 5.64. The number of rotatable bonds is 6. The molecule has 0 saturated carbocycles. The molecule has 0 unspecified atom stereocenters. The Balaban J connectivity index is 1.64. The van der Waals surface area contributed by atoms with Gasteiger partial charge in [0.05, 0.1) is 14.3 Å². The summed E-state index contributed by atoms with van der Waals surface area (Å²) in [4.78, 5) is 14.4. The molecule has 1 amide bonds. The van der Waals surface area contributed by atoms with Gasteiger partial charge in [-0.15, -0.1) is 0 Å². The highest BCUT2D eigenvalue weighted by Gasteiger charge is 2.17. The number of aryl methyl sites for hydroxylation is 1. The first-order valence-corrected chi connectivity index (χ1v) is 11.3. The van der Waals surface area contributed by atoms with E-state index >= 15 is 0 Å². The largest absolute Gasteiger partial charge is 0.497 e. The zero-order valence-electron chi connectivity index (χ0n) is 15.3. The predicted molar refractivity (Wildman–Crippen MR) is 124 cm³/mol. The lowest BCUT2D eigenvalue weighted by Gasteiger charge is -2.26. The standard InChI is InChI=1S/C21H23I2NO3/c1-26-16-6-8-17(9-7-16)27-21-18(22)13-15(14-19(21)23)5-10-20(25)24-11-3-2-4-12-24/h6-9,13-14H,2-5,10-12H2,1H3. The van der Waals surface area contributed by atoms with Gasteiger partial charge in [0.2, 0.25) is 5.91 Å². The maximum Gasteiger partial charge on any atom is 0.222 e. The average Bonchev–Trinajstić information content (AvgIpc) is 2.70. The summed E-state index contributed by atoms with van der Waals surface area (Å²) in [6.07, 6.45) is 4.86. The fraction of sp³-hybridized carbons (Fsp3) is 0.381. The van der Waals surface area contributed by atoms with Crippen molar-refractivity contribution in [2.24, 2.45) is 0 Å². The van der Waals surface area contributed by atoms with Crippen molar-refractivity contribution in [2.45, 2.75) is 32.1 Å². The zero-order chi connectivity index (χ0) is 19.2. The number of halogens is 2. The van der Waals surface area contributed by atoms with E-state index in [0.717, 1.165) is 56.7 Å². The van der Waals surface area contributed by atoms with Crippen molar-refractivity contribution in [1.29, 1.82) is 0 Å². The molecule has 27 heavy (non-hydrogen) atoms. The van der Waals surface area contributed by atoms with Crippen LogP contribution < -0.4 is 9.47 Å². The van der Waals surface area contributed by atoms with Gasteiger partial charge in [0.25, 0.3) is 0 Å². The number of piperidine rings is 1. The van der Waals surface area contributed by atoms with Crippen LogP contribution >= 0.6 is 45.2 Å². The van der Waals surface area contributed by atoms with Crippen molar-refractivity contribution in [2.75, 3.05) is 20.2 Å². The van der Waals surface area contributed by atoms with Gasteiger partial charge in [-0.2, -0.15) is 0 Å². The van der Waals surface area contributed by atoms with Gasteiger partial charge in [0.15, 0.2) is 5.75 Å². The van der Waals surface area contributed by atoms with Gasteiger partial charge in [-0.05, 0) is 113 Å². The molecule has 0 radical (unpaired) electrons. The second-order valence-corrected chi connectivity index (χ2v) is 8.93. The van der Waals surface area contributed by atoms with Crippen LogP contribution in [0.3, 0.4) is 0 Å². The highest BCUT2D eigenvalue weighted by molar-refractivity contribution is 14.1. The molecular formula is C21H23I2NO3. The van der Waals surface area contributed by atoms with Crippen molar-refractivity contribution < 1.29 is 14.3 Å². The minimum Gasteiger partial charge on any atom is -0.497 e. The second-order valence-electron chi connectivity index (χ2n) is 6.61. The van der Waals surface area contributed by atoms with Crippen LogP contribution in [0.15, 0.2) is 36.4 Å². The average molecular weight is 591 g/mol. The molecule has 0 spiro atoms.